The average molecular weight is 616 g/mol. The molecule has 0 aliphatic carbocycles. The van der Waals surface area contributed by atoms with Gasteiger partial charge >= 0.3 is 0 Å². The summed E-state index contributed by atoms with van der Waals surface area (Å²) in [5.74, 6) is 1.47. The second-order valence-electron chi connectivity index (χ2n) is 7.77. The third-order valence-electron chi connectivity index (χ3n) is 5.14. The van der Waals surface area contributed by atoms with Crippen molar-refractivity contribution < 1.29 is 4.74 Å². The zero-order valence-electron chi connectivity index (χ0n) is 18.4. The minimum Gasteiger partial charge on any atom is -0.488 e. The molecule has 0 unspecified atom stereocenters. The quantitative estimate of drug-likeness (QED) is 0.176. The third-order valence-corrected chi connectivity index (χ3v) is 6.48. The van der Waals surface area contributed by atoms with Gasteiger partial charge < -0.3 is 4.74 Å². The van der Waals surface area contributed by atoms with Crippen LogP contribution in [0.15, 0.2) is 75.0 Å². The van der Waals surface area contributed by atoms with Crippen molar-refractivity contribution in [1.29, 1.82) is 0 Å². The lowest BCUT2D eigenvalue weighted by atomic mass is 10.2. The molecule has 7 heteroatoms. The van der Waals surface area contributed by atoms with Crippen LogP contribution in [0, 0.1) is 10.5 Å². The van der Waals surface area contributed by atoms with Crippen LogP contribution < -0.4 is 10.3 Å². The summed E-state index contributed by atoms with van der Waals surface area (Å²) >= 11 is 5.69. The Kier molecular flexibility index (Phi) is 7.60. The number of aromatic nitrogens is 2. The summed E-state index contributed by atoms with van der Waals surface area (Å²) in [7, 11) is 0. The van der Waals surface area contributed by atoms with Crippen LogP contribution in [0.1, 0.15) is 35.9 Å². The molecule has 5 nitrogen and oxygen atoms in total. The number of rotatable bonds is 7. The molecule has 0 bridgehead atoms. The van der Waals surface area contributed by atoms with Gasteiger partial charge in [-0.1, -0.05) is 52.7 Å². The first-order chi connectivity index (χ1) is 15.9. The van der Waals surface area contributed by atoms with Gasteiger partial charge in [-0.2, -0.15) is 9.78 Å². The van der Waals surface area contributed by atoms with E-state index in [1.165, 1.54) is 10.2 Å². The smallest absolute Gasteiger partial charge is 0.282 e. The zero-order valence-corrected chi connectivity index (χ0v) is 22.1. The van der Waals surface area contributed by atoms with Crippen molar-refractivity contribution >= 4 is 55.6 Å². The van der Waals surface area contributed by atoms with Crippen molar-refractivity contribution in [3.63, 3.8) is 0 Å². The number of hydrogen-bond acceptors (Lipinski definition) is 4. The average Bonchev–Trinajstić information content (AvgIpc) is 2.80. The molecule has 0 saturated carbocycles. The maximum absolute atomic E-state index is 13.1. The molecule has 0 N–H and O–H groups in total. The Balaban J connectivity index is 1.59. The van der Waals surface area contributed by atoms with Crippen LogP contribution in [0.4, 0.5) is 0 Å². The molecule has 0 radical (unpaired) electrons. The van der Waals surface area contributed by atoms with Gasteiger partial charge in [-0.3, -0.25) is 4.79 Å². The summed E-state index contributed by atoms with van der Waals surface area (Å²) in [5, 5.41) is 5.04. The summed E-state index contributed by atoms with van der Waals surface area (Å²) in [4.78, 5) is 17.8. The topological polar surface area (TPSA) is 56.5 Å². The normalized spacial score (nSPS) is 11.4. The number of hydrogen-bond donors (Lipinski definition) is 0. The molecular weight excluding hydrogens is 593 g/mol. The van der Waals surface area contributed by atoms with Crippen LogP contribution in [0.5, 0.6) is 5.75 Å². The number of halogens is 2. The first-order valence-electron chi connectivity index (χ1n) is 10.7. The molecule has 1 aromatic heterocycles. The maximum atomic E-state index is 13.1. The fourth-order valence-electron chi connectivity index (χ4n) is 3.38. The lowest BCUT2D eigenvalue weighted by Gasteiger charge is -2.10. The third kappa shape index (κ3) is 5.70. The van der Waals surface area contributed by atoms with Gasteiger partial charge in [-0.25, -0.2) is 4.98 Å². The first-order valence-corrected chi connectivity index (χ1v) is 12.5. The molecule has 0 spiro atoms. The number of aryl methyl sites for hydroxylation is 2. The van der Waals surface area contributed by atoms with E-state index in [2.05, 4.69) is 86.7 Å². The molecule has 0 fully saturated rings. The minimum atomic E-state index is -0.172. The zero-order chi connectivity index (χ0) is 23.4. The first kappa shape index (κ1) is 23.6. The van der Waals surface area contributed by atoms with E-state index in [-0.39, 0.29) is 5.56 Å². The Morgan fingerprint density at radius 3 is 2.64 bits per heavy atom. The van der Waals surface area contributed by atoms with Crippen LogP contribution in [0.2, 0.25) is 0 Å². The number of ether oxygens (including phenoxy) is 1. The van der Waals surface area contributed by atoms with Gasteiger partial charge in [0.1, 0.15) is 18.2 Å². The van der Waals surface area contributed by atoms with E-state index in [4.69, 9.17) is 4.74 Å². The Labute approximate surface area is 214 Å². The molecule has 0 atom stereocenters. The van der Waals surface area contributed by atoms with Crippen molar-refractivity contribution in [1.82, 2.24) is 9.66 Å². The minimum absolute atomic E-state index is 0.172. The molecule has 4 aromatic rings. The molecule has 0 aliphatic heterocycles. The second-order valence-corrected chi connectivity index (χ2v) is 9.84. The van der Waals surface area contributed by atoms with Crippen molar-refractivity contribution in [2.24, 2.45) is 5.10 Å². The molecule has 1 heterocycles. The van der Waals surface area contributed by atoms with E-state index in [0.29, 0.717) is 29.8 Å². The molecule has 0 amide bonds. The molecular formula is C26H23BrIN3O2. The Morgan fingerprint density at radius 1 is 1.12 bits per heavy atom. The van der Waals surface area contributed by atoms with Crippen LogP contribution in [0.25, 0.3) is 10.9 Å². The molecule has 0 aliphatic rings. The number of nitrogens with zero attached hydrogens (tertiary/aromatic N) is 3. The van der Waals surface area contributed by atoms with E-state index >= 15 is 0 Å². The van der Waals surface area contributed by atoms with E-state index in [1.54, 1.807) is 12.3 Å². The summed E-state index contributed by atoms with van der Waals surface area (Å²) < 4.78 is 9.21. The molecule has 4 rings (SSSR count). The van der Waals surface area contributed by atoms with Crippen molar-refractivity contribution in [2.45, 2.75) is 33.3 Å². The summed E-state index contributed by atoms with van der Waals surface area (Å²) in [5.41, 5.74) is 3.75. The Morgan fingerprint density at radius 2 is 1.91 bits per heavy atom. The monoisotopic (exact) mass is 615 g/mol. The second kappa shape index (κ2) is 10.6. The Hall–Kier alpha value is -2.52. The predicted octanol–water partition coefficient (Wildman–Crippen LogP) is 6.49. The van der Waals surface area contributed by atoms with Gasteiger partial charge in [-0.05, 0) is 83.5 Å². The van der Waals surface area contributed by atoms with Crippen molar-refractivity contribution in [2.75, 3.05) is 0 Å². The van der Waals surface area contributed by atoms with Crippen molar-refractivity contribution in [3.05, 3.63) is 102 Å². The number of fused-ring (bicyclic) bond motifs is 1. The number of benzene rings is 3. The summed E-state index contributed by atoms with van der Waals surface area (Å²) in [6.07, 6.45) is 3.23. The highest BCUT2D eigenvalue weighted by Crippen LogP contribution is 2.23. The van der Waals surface area contributed by atoms with Crippen LogP contribution in [-0.2, 0) is 13.0 Å². The summed E-state index contributed by atoms with van der Waals surface area (Å²) in [6, 6.07) is 19.7. The SMILES string of the molecule is CCCc1nc2ccc(Br)cc2c(=O)n1N=Cc1ccc(OCc2ccc(C)cc2)c(I)c1. The largest absolute Gasteiger partial charge is 0.488 e. The van der Waals surface area contributed by atoms with Gasteiger partial charge in [0.15, 0.2) is 0 Å². The Bertz CT molecular complexity index is 1380. The van der Waals surface area contributed by atoms with Crippen molar-refractivity contribution in [3.8, 4) is 5.75 Å². The van der Waals surface area contributed by atoms with Gasteiger partial charge in [-0.15, -0.1) is 0 Å². The van der Waals surface area contributed by atoms with Gasteiger partial charge in [0.25, 0.3) is 5.56 Å². The van der Waals surface area contributed by atoms with E-state index in [0.717, 1.165) is 31.3 Å². The predicted molar refractivity (Wildman–Crippen MR) is 145 cm³/mol. The molecule has 33 heavy (non-hydrogen) atoms. The van der Waals surface area contributed by atoms with Gasteiger partial charge in [0.2, 0.25) is 0 Å². The lowest BCUT2D eigenvalue weighted by Crippen LogP contribution is -2.22. The molecule has 0 saturated heterocycles. The molecule has 168 valence electrons. The lowest BCUT2D eigenvalue weighted by molar-refractivity contribution is 0.304. The van der Waals surface area contributed by atoms with E-state index in [1.807, 2.05) is 30.3 Å². The van der Waals surface area contributed by atoms with Crippen LogP contribution in [0.3, 0.4) is 0 Å². The fourth-order valence-corrected chi connectivity index (χ4v) is 4.44. The van der Waals surface area contributed by atoms with E-state index < -0.39 is 0 Å². The van der Waals surface area contributed by atoms with Crippen LogP contribution in [-0.4, -0.2) is 15.9 Å². The standard InChI is InChI=1S/C26H23BrIN3O2/c1-3-4-25-30-23-11-10-20(27)14-21(23)26(32)31(25)29-15-19-9-12-24(22(28)13-19)33-16-18-7-5-17(2)6-8-18/h5-15H,3-4,16H2,1-2H3. The highest BCUT2D eigenvalue weighted by atomic mass is 127. The van der Waals surface area contributed by atoms with E-state index in [9.17, 15) is 4.79 Å². The molecule has 3 aromatic carbocycles. The fraction of sp³-hybridized carbons (Fsp3) is 0.192. The highest BCUT2D eigenvalue weighted by Gasteiger charge is 2.11. The van der Waals surface area contributed by atoms with Crippen LogP contribution >= 0.6 is 38.5 Å². The van der Waals surface area contributed by atoms with Gasteiger partial charge in [0.05, 0.1) is 20.7 Å². The van der Waals surface area contributed by atoms with Gasteiger partial charge in [0, 0.05) is 10.9 Å². The maximum Gasteiger partial charge on any atom is 0.282 e. The highest BCUT2D eigenvalue weighted by molar-refractivity contribution is 14.1. The summed E-state index contributed by atoms with van der Waals surface area (Å²) in [6.45, 7) is 4.64.